The minimum Gasteiger partial charge on any atom is -0.489 e. The van der Waals surface area contributed by atoms with Crippen molar-refractivity contribution in [3.05, 3.63) is 41.7 Å². The third kappa shape index (κ3) is 1.82. The maximum atomic E-state index is 6.04. The molecule has 0 saturated carbocycles. The van der Waals surface area contributed by atoms with E-state index in [2.05, 4.69) is 37.1 Å². The lowest BCUT2D eigenvalue weighted by Crippen LogP contribution is -2.05. The van der Waals surface area contributed by atoms with Crippen molar-refractivity contribution in [3.8, 4) is 17.0 Å². The quantitative estimate of drug-likeness (QED) is 0.686. The maximum absolute atomic E-state index is 6.04. The van der Waals surface area contributed by atoms with Gasteiger partial charge in [-0.3, -0.25) is 9.67 Å². The first-order valence-corrected chi connectivity index (χ1v) is 7.22. The highest BCUT2D eigenvalue weighted by molar-refractivity contribution is 5.91. The molecule has 4 rings (SSSR count). The van der Waals surface area contributed by atoms with Gasteiger partial charge in [-0.2, -0.15) is 5.10 Å². The van der Waals surface area contributed by atoms with Gasteiger partial charge < -0.3 is 4.74 Å². The summed E-state index contributed by atoms with van der Waals surface area (Å²) < 4.78 is 7.92. The third-order valence-electron chi connectivity index (χ3n) is 4.17. The van der Waals surface area contributed by atoms with Crippen molar-refractivity contribution in [3.63, 3.8) is 0 Å². The summed E-state index contributed by atoms with van der Waals surface area (Å²) in [4.78, 5) is 4.72. The van der Waals surface area contributed by atoms with Gasteiger partial charge in [0.25, 0.3) is 0 Å². The fourth-order valence-corrected chi connectivity index (χ4v) is 3.11. The van der Waals surface area contributed by atoms with E-state index in [0.717, 1.165) is 40.0 Å². The molecule has 0 radical (unpaired) electrons. The molecule has 0 spiro atoms. The molecule has 3 aromatic rings. The third-order valence-corrected chi connectivity index (χ3v) is 4.17. The minimum absolute atomic E-state index is 0.228. The smallest absolute Gasteiger partial charge is 0.134 e. The number of hydrogen-bond donors (Lipinski definition) is 0. The number of ether oxygens (including phenoxy) is 1. The highest BCUT2D eigenvalue weighted by Crippen LogP contribution is 2.38. The second-order valence-electron chi connectivity index (χ2n) is 5.71. The molecular weight excluding hydrogens is 262 g/mol. The van der Waals surface area contributed by atoms with E-state index in [1.165, 1.54) is 5.56 Å². The van der Waals surface area contributed by atoms with Gasteiger partial charge >= 0.3 is 0 Å². The Hall–Kier alpha value is -2.36. The molecule has 4 nitrogen and oxygen atoms in total. The first kappa shape index (κ1) is 12.4. The molecular formula is C17H17N3O. The molecule has 0 N–H and O–H groups in total. The van der Waals surface area contributed by atoms with E-state index in [-0.39, 0.29) is 6.10 Å². The number of pyridine rings is 1. The maximum Gasteiger partial charge on any atom is 0.134 e. The number of aryl methyl sites for hydroxylation is 2. The summed E-state index contributed by atoms with van der Waals surface area (Å²) in [5.74, 6) is 1.01. The van der Waals surface area contributed by atoms with Crippen LogP contribution < -0.4 is 4.74 Å². The second kappa shape index (κ2) is 4.32. The molecule has 0 fully saturated rings. The molecule has 4 heteroatoms. The van der Waals surface area contributed by atoms with Crippen LogP contribution in [0.5, 0.6) is 5.75 Å². The van der Waals surface area contributed by atoms with E-state index >= 15 is 0 Å². The molecule has 0 aliphatic carbocycles. The highest BCUT2D eigenvalue weighted by atomic mass is 16.5. The van der Waals surface area contributed by atoms with Crippen LogP contribution in [0.15, 0.2) is 30.5 Å². The molecule has 3 heterocycles. The normalized spacial score (nSPS) is 17.0. The summed E-state index contributed by atoms with van der Waals surface area (Å²) in [6.45, 7) is 4.17. The highest BCUT2D eigenvalue weighted by Gasteiger charge is 2.24. The number of benzene rings is 1. The van der Waals surface area contributed by atoms with E-state index in [9.17, 15) is 0 Å². The molecule has 1 atom stereocenters. The number of rotatable bonds is 1. The summed E-state index contributed by atoms with van der Waals surface area (Å²) >= 11 is 0. The standard InChI is InChI=1S/C17H17N3O/c1-10-8-13-11(2)19-15-5-4-12(9-14(15)17(13)21-10)16-6-7-18-20(16)3/h4-7,9-10H,8H2,1-3H3/t10-/m1/s1. The lowest BCUT2D eigenvalue weighted by Gasteiger charge is -2.10. The van der Waals surface area contributed by atoms with Crippen LogP contribution in [0.2, 0.25) is 0 Å². The SMILES string of the molecule is Cc1nc2ccc(-c3ccnn3C)cc2c2c1C[C@@H](C)O2. The van der Waals surface area contributed by atoms with Crippen LogP contribution in [0.4, 0.5) is 0 Å². The Balaban J connectivity index is 1.98. The summed E-state index contributed by atoms with van der Waals surface area (Å²) in [6, 6.07) is 8.34. The van der Waals surface area contributed by atoms with Crippen LogP contribution in [0, 0.1) is 6.92 Å². The predicted octanol–water partition coefficient (Wildman–Crippen LogP) is 3.27. The van der Waals surface area contributed by atoms with E-state index in [0.29, 0.717) is 0 Å². The van der Waals surface area contributed by atoms with Crippen molar-refractivity contribution in [2.75, 3.05) is 0 Å². The summed E-state index contributed by atoms with van der Waals surface area (Å²) in [5, 5.41) is 5.34. The molecule has 0 bridgehead atoms. The Morgan fingerprint density at radius 1 is 1.29 bits per heavy atom. The van der Waals surface area contributed by atoms with E-state index in [4.69, 9.17) is 9.72 Å². The molecule has 1 aliphatic rings. The van der Waals surface area contributed by atoms with Crippen molar-refractivity contribution >= 4 is 10.9 Å². The number of fused-ring (bicyclic) bond motifs is 3. The lowest BCUT2D eigenvalue weighted by molar-refractivity contribution is 0.257. The summed E-state index contributed by atoms with van der Waals surface area (Å²) in [5.41, 5.74) is 5.55. The Kier molecular flexibility index (Phi) is 2.55. The predicted molar refractivity (Wildman–Crippen MR) is 82.5 cm³/mol. The van der Waals surface area contributed by atoms with Gasteiger partial charge in [0.1, 0.15) is 11.9 Å². The monoisotopic (exact) mass is 279 g/mol. The van der Waals surface area contributed by atoms with Gasteiger partial charge in [-0.05, 0) is 32.0 Å². The second-order valence-corrected chi connectivity index (χ2v) is 5.71. The first-order chi connectivity index (χ1) is 10.1. The van der Waals surface area contributed by atoms with Gasteiger partial charge in [0, 0.05) is 41.9 Å². The zero-order valence-corrected chi connectivity index (χ0v) is 12.4. The number of hydrogen-bond acceptors (Lipinski definition) is 3. The van der Waals surface area contributed by atoms with Crippen LogP contribution in [-0.4, -0.2) is 20.9 Å². The fourth-order valence-electron chi connectivity index (χ4n) is 3.11. The zero-order valence-electron chi connectivity index (χ0n) is 12.4. The summed E-state index contributed by atoms with van der Waals surface area (Å²) in [6.07, 6.45) is 2.99. The van der Waals surface area contributed by atoms with Gasteiger partial charge in [-0.1, -0.05) is 6.07 Å². The van der Waals surface area contributed by atoms with Crippen molar-refractivity contribution in [1.82, 2.24) is 14.8 Å². The van der Waals surface area contributed by atoms with Gasteiger partial charge in [-0.15, -0.1) is 0 Å². The molecule has 21 heavy (non-hydrogen) atoms. The van der Waals surface area contributed by atoms with Crippen LogP contribution in [-0.2, 0) is 13.5 Å². The molecule has 0 unspecified atom stereocenters. The number of nitrogens with zero attached hydrogens (tertiary/aromatic N) is 3. The van der Waals surface area contributed by atoms with Crippen molar-refractivity contribution in [1.29, 1.82) is 0 Å². The molecule has 106 valence electrons. The number of aromatic nitrogens is 3. The fraction of sp³-hybridized carbons (Fsp3) is 0.294. The molecule has 1 aliphatic heterocycles. The lowest BCUT2D eigenvalue weighted by atomic mass is 10.0. The molecule has 0 saturated heterocycles. The average molecular weight is 279 g/mol. The minimum atomic E-state index is 0.228. The van der Waals surface area contributed by atoms with Crippen molar-refractivity contribution in [2.24, 2.45) is 7.05 Å². The van der Waals surface area contributed by atoms with E-state index in [1.807, 2.05) is 24.0 Å². The van der Waals surface area contributed by atoms with Gasteiger partial charge in [-0.25, -0.2) is 0 Å². The Morgan fingerprint density at radius 3 is 2.90 bits per heavy atom. The molecule has 1 aromatic carbocycles. The van der Waals surface area contributed by atoms with Gasteiger partial charge in [0.05, 0.1) is 11.2 Å². The van der Waals surface area contributed by atoms with Crippen LogP contribution >= 0.6 is 0 Å². The Labute approximate surface area is 123 Å². The van der Waals surface area contributed by atoms with Crippen LogP contribution in [0.3, 0.4) is 0 Å². The average Bonchev–Trinajstić information content (AvgIpc) is 3.05. The van der Waals surface area contributed by atoms with Gasteiger partial charge in [0.15, 0.2) is 0 Å². The molecule has 2 aromatic heterocycles. The topological polar surface area (TPSA) is 39.9 Å². The Bertz CT molecular complexity index is 851. The van der Waals surface area contributed by atoms with E-state index < -0.39 is 0 Å². The first-order valence-electron chi connectivity index (χ1n) is 7.22. The van der Waals surface area contributed by atoms with Gasteiger partial charge in [0.2, 0.25) is 0 Å². The zero-order chi connectivity index (χ0) is 14.6. The van der Waals surface area contributed by atoms with Crippen molar-refractivity contribution < 1.29 is 4.74 Å². The van der Waals surface area contributed by atoms with E-state index in [1.54, 1.807) is 0 Å². The van der Waals surface area contributed by atoms with Crippen molar-refractivity contribution in [2.45, 2.75) is 26.4 Å². The molecule has 0 amide bonds. The summed E-state index contributed by atoms with van der Waals surface area (Å²) in [7, 11) is 1.95. The Morgan fingerprint density at radius 2 is 2.14 bits per heavy atom. The largest absolute Gasteiger partial charge is 0.489 e. The van der Waals surface area contributed by atoms with Crippen LogP contribution in [0.1, 0.15) is 18.2 Å². The van der Waals surface area contributed by atoms with Crippen LogP contribution in [0.25, 0.3) is 22.2 Å².